The van der Waals surface area contributed by atoms with Crippen LogP contribution in [0.15, 0.2) is 72.9 Å². The van der Waals surface area contributed by atoms with Gasteiger partial charge >= 0.3 is 5.97 Å². The van der Waals surface area contributed by atoms with E-state index in [1.54, 1.807) is 6.07 Å². The van der Waals surface area contributed by atoms with E-state index in [0.717, 1.165) is 39.0 Å². The van der Waals surface area contributed by atoms with E-state index in [1.807, 2.05) is 49.5 Å². The first-order valence-corrected chi connectivity index (χ1v) is 9.80. The smallest absolute Gasteiger partial charge is 0.303 e. The minimum Gasteiger partial charge on any atom is -0.489 e. The molecule has 0 bridgehead atoms. The summed E-state index contributed by atoms with van der Waals surface area (Å²) in [5, 5.41) is 9.88. The Labute approximate surface area is 174 Å². The highest BCUT2D eigenvalue weighted by molar-refractivity contribution is 5.83. The van der Waals surface area contributed by atoms with Gasteiger partial charge in [-0.3, -0.25) is 4.79 Å². The molecular formula is C25H22FNO3. The first-order valence-electron chi connectivity index (χ1n) is 9.80. The van der Waals surface area contributed by atoms with Gasteiger partial charge in [0.15, 0.2) is 0 Å². The van der Waals surface area contributed by atoms with Crippen LogP contribution in [0.1, 0.15) is 23.1 Å². The molecule has 5 heteroatoms. The fourth-order valence-electron chi connectivity index (χ4n) is 3.53. The number of hydrogen-bond acceptors (Lipinski definition) is 2. The summed E-state index contributed by atoms with van der Waals surface area (Å²) >= 11 is 0. The van der Waals surface area contributed by atoms with Crippen molar-refractivity contribution in [3.63, 3.8) is 0 Å². The summed E-state index contributed by atoms with van der Waals surface area (Å²) in [5.41, 5.74) is 4.85. The Morgan fingerprint density at radius 3 is 2.50 bits per heavy atom. The van der Waals surface area contributed by atoms with Crippen LogP contribution >= 0.6 is 0 Å². The van der Waals surface area contributed by atoms with Gasteiger partial charge in [-0.15, -0.1) is 0 Å². The molecule has 0 spiro atoms. The van der Waals surface area contributed by atoms with E-state index in [1.165, 1.54) is 12.1 Å². The molecule has 4 nitrogen and oxygen atoms in total. The normalized spacial score (nSPS) is 11.0. The summed E-state index contributed by atoms with van der Waals surface area (Å²) < 4.78 is 21.4. The zero-order valence-corrected chi connectivity index (χ0v) is 16.6. The Bertz CT molecular complexity index is 1190. The molecule has 0 radical (unpaired) electrons. The fraction of sp³-hybridized carbons (Fsp3) is 0.160. The molecule has 1 N–H and O–H groups in total. The van der Waals surface area contributed by atoms with E-state index >= 15 is 0 Å². The Kier molecular flexibility index (Phi) is 5.53. The lowest BCUT2D eigenvalue weighted by atomic mass is 10.1. The van der Waals surface area contributed by atoms with Crippen molar-refractivity contribution in [1.82, 2.24) is 4.57 Å². The number of hydrogen-bond donors (Lipinski definition) is 1. The number of benzene rings is 3. The second-order valence-corrected chi connectivity index (χ2v) is 7.34. The number of rotatable bonds is 7. The molecule has 0 aliphatic heterocycles. The van der Waals surface area contributed by atoms with Crippen molar-refractivity contribution in [3.8, 4) is 11.4 Å². The van der Waals surface area contributed by atoms with E-state index < -0.39 is 5.97 Å². The number of halogens is 1. The highest BCUT2D eigenvalue weighted by Crippen LogP contribution is 2.25. The van der Waals surface area contributed by atoms with Crippen molar-refractivity contribution in [2.75, 3.05) is 0 Å². The van der Waals surface area contributed by atoms with Crippen molar-refractivity contribution < 1.29 is 19.0 Å². The van der Waals surface area contributed by atoms with Crippen LogP contribution in [0, 0.1) is 12.7 Å². The number of aryl methyl sites for hydroxylation is 2. The topological polar surface area (TPSA) is 51.5 Å². The Morgan fingerprint density at radius 1 is 1.00 bits per heavy atom. The predicted molar refractivity (Wildman–Crippen MR) is 115 cm³/mol. The summed E-state index contributed by atoms with van der Waals surface area (Å²) in [4.78, 5) is 10.7. The third kappa shape index (κ3) is 4.35. The summed E-state index contributed by atoms with van der Waals surface area (Å²) in [6.45, 7) is 2.31. The largest absolute Gasteiger partial charge is 0.489 e. The maximum Gasteiger partial charge on any atom is 0.303 e. The molecule has 4 rings (SSSR count). The van der Waals surface area contributed by atoms with Gasteiger partial charge in [-0.1, -0.05) is 24.3 Å². The first kappa shape index (κ1) is 19.7. The molecule has 152 valence electrons. The molecule has 4 aromatic rings. The molecule has 0 saturated carbocycles. The maximum absolute atomic E-state index is 13.5. The zero-order valence-electron chi connectivity index (χ0n) is 16.6. The second-order valence-electron chi connectivity index (χ2n) is 7.34. The molecule has 30 heavy (non-hydrogen) atoms. The summed E-state index contributed by atoms with van der Waals surface area (Å²) in [5.74, 6) is -0.305. The van der Waals surface area contributed by atoms with Gasteiger partial charge in [0.05, 0.1) is 5.52 Å². The van der Waals surface area contributed by atoms with Crippen LogP contribution in [0.4, 0.5) is 4.39 Å². The van der Waals surface area contributed by atoms with Crippen LogP contribution in [0.5, 0.6) is 5.75 Å². The number of ether oxygens (including phenoxy) is 1. The van der Waals surface area contributed by atoms with Gasteiger partial charge in [0.1, 0.15) is 18.2 Å². The SMILES string of the molecule is Cc1cc(F)ccc1-n1ccc2ccc(COc3ccc(CCC(=O)O)cc3)cc21. The quantitative estimate of drug-likeness (QED) is 0.432. The van der Waals surface area contributed by atoms with Crippen LogP contribution in [-0.4, -0.2) is 15.6 Å². The minimum absolute atomic E-state index is 0.118. The monoisotopic (exact) mass is 403 g/mol. The van der Waals surface area contributed by atoms with E-state index in [4.69, 9.17) is 9.84 Å². The average Bonchev–Trinajstić information content (AvgIpc) is 3.14. The molecule has 0 fully saturated rings. The lowest BCUT2D eigenvalue weighted by molar-refractivity contribution is -0.136. The van der Waals surface area contributed by atoms with Gasteiger partial charge in [0.2, 0.25) is 0 Å². The number of carboxylic acids is 1. The molecule has 0 aliphatic rings. The molecule has 0 amide bonds. The number of carbonyl (C=O) groups is 1. The first-order chi connectivity index (χ1) is 14.5. The Morgan fingerprint density at radius 2 is 1.77 bits per heavy atom. The van der Waals surface area contributed by atoms with Crippen LogP contribution in [0.3, 0.4) is 0 Å². The number of carboxylic acid groups (broad SMARTS) is 1. The van der Waals surface area contributed by atoms with Gasteiger partial charge in [-0.25, -0.2) is 4.39 Å². The number of nitrogens with zero attached hydrogens (tertiary/aromatic N) is 1. The molecule has 0 aliphatic carbocycles. The van der Waals surface area contributed by atoms with Gasteiger partial charge < -0.3 is 14.4 Å². The third-order valence-electron chi connectivity index (χ3n) is 5.13. The lowest BCUT2D eigenvalue weighted by Gasteiger charge is -2.11. The summed E-state index contributed by atoms with van der Waals surface area (Å²) in [6.07, 6.45) is 2.62. The molecule has 0 unspecified atom stereocenters. The molecular weight excluding hydrogens is 381 g/mol. The minimum atomic E-state index is -0.800. The predicted octanol–water partition coefficient (Wildman–Crippen LogP) is 5.67. The van der Waals surface area contributed by atoms with Crippen molar-refractivity contribution in [2.45, 2.75) is 26.4 Å². The molecule has 1 aromatic heterocycles. The van der Waals surface area contributed by atoms with Crippen LogP contribution in [0.25, 0.3) is 16.6 Å². The van der Waals surface area contributed by atoms with E-state index in [9.17, 15) is 9.18 Å². The van der Waals surface area contributed by atoms with Crippen molar-refractivity contribution in [3.05, 3.63) is 95.4 Å². The van der Waals surface area contributed by atoms with Crippen LogP contribution in [-0.2, 0) is 17.8 Å². The maximum atomic E-state index is 13.5. The van der Waals surface area contributed by atoms with E-state index in [0.29, 0.717) is 13.0 Å². The Balaban J connectivity index is 1.50. The van der Waals surface area contributed by atoms with E-state index in [-0.39, 0.29) is 12.2 Å². The summed E-state index contributed by atoms with van der Waals surface area (Å²) in [6, 6.07) is 20.5. The lowest BCUT2D eigenvalue weighted by Crippen LogP contribution is -1.99. The highest BCUT2D eigenvalue weighted by atomic mass is 19.1. The average molecular weight is 403 g/mol. The second kappa shape index (κ2) is 8.41. The third-order valence-corrected chi connectivity index (χ3v) is 5.13. The fourth-order valence-corrected chi connectivity index (χ4v) is 3.53. The Hall–Kier alpha value is -3.60. The number of aromatic nitrogens is 1. The number of fused-ring (bicyclic) bond motifs is 1. The highest BCUT2D eigenvalue weighted by Gasteiger charge is 2.08. The zero-order chi connectivity index (χ0) is 21.1. The summed E-state index contributed by atoms with van der Waals surface area (Å²) in [7, 11) is 0. The van der Waals surface area contributed by atoms with Gasteiger partial charge in [0.25, 0.3) is 0 Å². The molecule has 1 heterocycles. The molecule has 0 atom stereocenters. The van der Waals surface area contributed by atoms with Crippen molar-refractivity contribution >= 4 is 16.9 Å². The molecule has 3 aromatic carbocycles. The van der Waals surface area contributed by atoms with Crippen LogP contribution < -0.4 is 4.74 Å². The van der Waals surface area contributed by atoms with Gasteiger partial charge in [0, 0.05) is 18.3 Å². The standard InChI is InChI=1S/C25H22FNO3/c1-17-14-21(26)7-10-23(17)27-13-12-20-6-2-19(15-24(20)27)16-30-22-8-3-18(4-9-22)5-11-25(28)29/h2-4,6-10,12-15H,5,11,16H2,1H3,(H,28,29). The van der Waals surface area contributed by atoms with Crippen molar-refractivity contribution in [2.24, 2.45) is 0 Å². The van der Waals surface area contributed by atoms with Crippen LogP contribution in [0.2, 0.25) is 0 Å². The number of aliphatic carboxylic acids is 1. The van der Waals surface area contributed by atoms with Gasteiger partial charge in [-0.05, 0) is 77.9 Å². The van der Waals surface area contributed by atoms with Crippen molar-refractivity contribution in [1.29, 1.82) is 0 Å². The van der Waals surface area contributed by atoms with Gasteiger partial charge in [-0.2, -0.15) is 0 Å². The van der Waals surface area contributed by atoms with E-state index in [2.05, 4.69) is 16.7 Å². The molecule has 0 saturated heterocycles.